The Morgan fingerprint density at radius 3 is 1.03 bits per heavy atom. The monoisotopic (exact) mass is 2120 g/mol. The van der Waals surface area contributed by atoms with Gasteiger partial charge in [-0.25, -0.2) is 64.0 Å². The topological polar surface area (TPSA) is 1110 Å². The summed E-state index contributed by atoms with van der Waals surface area (Å²) in [5.41, 5.74) is 25.4. The summed E-state index contributed by atoms with van der Waals surface area (Å²) in [5, 5.41) is 6.26. The number of H-pyrrole nitrogens is 3. The van der Waals surface area contributed by atoms with Crippen LogP contribution in [0.15, 0.2) is 65.6 Å². The molecule has 4 saturated heterocycles. The van der Waals surface area contributed by atoms with Crippen molar-refractivity contribution in [2.24, 2.45) is 10.2 Å². The number of rotatable bonds is 42. The number of phosphoric ester groups is 4. The number of phosphoric acid groups is 12. The highest BCUT2D eigenvalue weighted by Crippen LogP contribution is 2.65. The van der Waals surface area contributed by atoms with Gasteiger partial charge in [0.2, 0.25) is 5.95 Å². The first kappa shape index (κ1) is 112. The number of nitrogens with one attached hydrogen (secondary N) is 3. The van der Waals surface area contributed by atoms with E-state index in [0.29, 0.717) is 11.2 Å². The number of hydrogen-bond donors (Lipinski definition) is 9. The number of aromatic nitrogens is 12. The first-order valence-electron chi connectivity index (χ1n) is 34.6. The highest BCUT2D eigenvalue weighted by Gasteiger charge is 2.44. The average Bonchev–Trinajstić information content (AvgIpc) is 1.63. The van der Waals surface area contributed by atoms with Crippen molar-refractivity contribution in [2.45, 2.75) is 127 Å². The van der Waals surface area contributed by atoms with E-state index in [-0.39, 0.29) is 73.0 Å². The highest BCUT2D eigenvalue weighted by molar-refractivity contribution is 7.67. The molecule has 11 N–H and O–H groups in total. The van der Waals surface area contributed by atoms with Crippen molar-refractivity contribution in [3.05, 3.63) is 115 Å². The quantitative estimate of drug-likeness (QED) is 0.00744. The van der Waals surface area contributed by atoms with Crippen LogP contribution in [0.1, 0.15) is 75.6 Å². The molecule has 0 bridgehead atoms. The summed E-state index contributed by atoms with van der Waals surface area (Å²) in [6, 6.07) is 0. The normalized spacial score (nSPS) is 26.4. The Morgan fingerprint density at radius 1 is 0.427 bits per heavy atom. The van der Waals surface area contributed by atoms with E-state index in [1.807, 2.05) is 9.97 Å². The summed E-state index contributed by atoms with van der Waals surface area (Å²) in [6.45, 7) is 2.03. The Hall–Kier alpha value is -6.20. The van der Waals surface area contributed by atoms with Crippen molar-refractivity contribution in [3.63, 3.8) is 0 Å². The minimum atomic E-state index is -6.09. The SMILES string of the molecule is CCOC1C[C@H](n2cnc3c(=O)[nH]c(N)nc32)O[C@@H]1COP(=O)([O-])OP(=O)([O-])OP(=O)([O-])O.CCOC1C[C@H](n2cnc3c(N)ncnc32)O[C@@H]1COP(=O)([O-])OP(=O)([O-])OP(=O)([O-])O.Cc1cn([C@H]2CC(OCN=[N+]=[N-])[C@@H](COP(=O)([O-])OP(=O)([O-])OP(=O)([O-])O)O2)c(=O)[nH]c1=O.Cc1cn([C@H]2CC(OCN=[N+]=[N-])[C@@H](COP(=O)([O-])OP(=O)([O-])OP(=O)([O-])O)O2)c(=O)[nH]c1=O. The van der Waals surface area contributed by atoms with Crippen molar-refractivity contribution in [3.8, 4) is 0 Å². The van der Waals surface area contributed by atoms with E-state index < -0.39 is 236 Å². The number of nitrogens with two attached hydrogens (primary N) is 2. The molecule has 131 heavy (non-hydrogen) atoms. The van der Waals surface area contributed by atoms with E-state index in [1.54, 1.807) is 13.8 Å². The lowest BCUT2D eigenvalue weighted by atomic mass is 10.2. The Balaban J connectivity index is 0.000000239. The van der Waals surface area contributed by atoms with Gasteiger partial charge in [-0.3, -0.25) is 102 Å². The van der Waals surface area contributed by atoms with Crippen LogP contribution in [-0.2, 0) is 145 Å². The lowest BCUT2D eigenvalue weighted by Crippen LogP contribution is -2.33. The molecule has 0 amide bonds. The number of hydrogen-bond acceptors (Lipinski definition) is 58. The minimum absolute atomic E-state index is 0.0244. The van der Waals surface area contributed by atoms with E-state index in [0.717, 1.165) is 9.13 Å². The van der Waals surface area contributed by atoms with E-state index in [9.17, 15) is 137 Å². The van der Waals surface area contributed by atoms with Crippen LogP contribution in [0.25, 0.3) is 43.2 Å². The smallest absolute Gasteiger partial charge is 0.330 e. The summed E-state index contributed by atoms with van der Waals surface area (Å²) in [6.07, 6.45) is -5.79. The van der Waals surface area contributed by atoms with Crippen LogP contribution < -0.4 is 98.2 Å². The van der Waals surface area contributed by atoms with Crippen molar-refractivity contribution < 1.29 is 224 Å². The standard InChI is InChI=1S/C12H20N5O13P3.C12H20N5O12P3.2C11H18N5O14P3/c1-2-26-6-3-8(17-5-14-9-10(17)15-12(13)16-11(9)18)28-7(6)4-27-32(22,23)30-33(24,25)29-31(19,20)21;1-2-25-7-3-9(17-6-16-10-11(13)14-5-15-12(10)17)27-8(7)4-26-31(21,22)29-32(23,24)28-30(18,19)20;2*1-6-3-16(11(18)14-10(6)17)9-2-7(26-5-13-15-12)8(28-9)4-27-32(22,23)30-33(24,25)29-31(19,20)21/h5-8H,2-4H2,1H3,(H,22,23)(H,24,25)(H2,19,20,21)(H3,13,15,16,18);5-9H,2-4H2,1H3,(H,21,22)(H,23,24)(H2,13,14,15)(H2,18,19,20);2*3,7-9H,2,4-5H2,1H3,(H,22,23)(H,24,25)(H,14,17,18)(H2,19,20,21)/p-12/t6?,7-,8-;3*7?,8-,9-/m1111/s1. The molecule has 6 aromatic heterocycles. The number of fused-ring (bicyclic) bond motifs is 2. The molecule has 0 aromatic carbocycles. The molecule has 24 atom stereocenters. The zero-order valence-electron chi connectivity index (χ0n) is 65.3. The molecule has 4 aliphatic rings. The maximum atomic E-state index is 12.1. The number of nitrogens with zero attached hydrogens (tertiary/aromatic N) is 15. The van der Waals surface area contributed by atoms with Crippen molar-refractivity contribution >= 4 is 128 Å². The molecule has 10 heterocycles. The maximum Gasteiger partial charge on any atom is 0.330 e. The fourth-order valence-corrected chi connectivity index (χ4v) is 22.8. The fourth-order valence-electron chi connectivity index (χ4n) is 11.2. The number of aryl methyl sites for hydroxylation is 2. The number of nitrogen functional groups attached to an aromatic ring is 2. The second-order valence-electron chi connectivity index (χ2n) is 25.2. The van der Waals surface area contributed by atoms with Gasteiger partial charge in [0, 0.05) is 72.2 Å². The molecule has 0 aliphatic carbocycles. The van der Waals surface area contributed by atoms with Gasteiger partial charge in [0.1, 0.15) is 74.6 Å². The zero-order chi connectivity index (χ0) is 98.4. The molecule has 738 valence electrons. The highest BCUT2D eigenvalue weighted by atomic mass is 31.3. The third-order valence-corrected chi connectivity index (χ3v) is 30.6. The molecular weight excluding hydrogens is 2050 g/mol. The third-order valence-electron chi connectivity index (χ3n) is 15.9. The van der Waals surface area contributed by atoms with Crippen molar-refractivity contribution in [1.29, 1.82) is 0 Å². The van der Waals surface area contributed by atoms with Gasteiger partial charge in [0.15, 0.2) is 22.6 Å². The van der Waals surface area contributed by atoms with Crippen LogP contribution >= 0.6 is 93.9 Å². The first-order chi connectivity index (χ1) is 60.2. The van der Waals surface area contributed by atoms with Gasteiger partial charge in [0.05, 0.1) is 63.5 Å². The number of imidazole rings is 2. The molecule has 0 radical (unpaired) electrons. The summed E-state index contributed by atoms with van der Waals surface area (Å²) in [5.74, 6) is -0.0279. The first-order valence-corrected chi connectivity index (χ1v) is 52.2. The van der Waals surface area contributed by atoms with Crippen molar-refractivity contribution in [1.82, 2.24) is 58.1 Å². The molecule has 73 nitrogen and oxygen atoms in total. The van der Waals surface area contributed by atoms with E-state index in [4.69, 9.17) is 80.0 Å². The van der Waals surface area contributed by atoms with Gasteiger partial charge in [-0.15, -0.1) is 0 Å². The van der Waals surface area contributed by atoms with Crippen molar-refractivity contribution in [2.75, 3.05) is 64.6 Å². The molecular formula is C46H64N20O53P12-12. The van der Waals surface area contributed by atoms with Gasteiger partial charge in [-0.2, -0.15) is 4.98 Å². The number of anilines is 2. The van der Waals surface area contributed by atoms with Crippen LogP contribution in [0.4, 0.5) is 11.8 Å². The molecule has 16 unspecified atom stereocenters. The Labute approximate surface area is 724 Å². The van der Waals surface area contributed by atoms with Gasteiger partial charge >= 0.3 is 11.4 Å². The Bertz CT molecular complexity index is 5920. The molecule has 0 saturated carbocycles. The maximum absolute atomic E-state index is 12.1. The second-order valence-corrected chi connectivity index (χ2v) is 42.3. The van der Waals surface area contributed by atoms with Crippen LogP contribution in [0.3, 0.4) is 0 Å². The predicted octanol–water partition coefficient (Wildman–Crippen LogP) is -7.14. The molecule has 85 heteroatoms. The molecule has 4 aliphatic heterocycles. The predicted molar refractivity (Wildman–Crippen MR) is 390 cm³/mol. The molecule has 6 aromatic rings. The van der Waals surface area contributed by atoms with Crippen LogP contribution in [-0.4, -0.2) is 180 Å². The van der Waals surface area contributed by atoms with Gasteiger partial charge in [-0.1, -0.05) is 10.2 Å². The lowest BCUT2D eigenvalue weighted by molar-refractivity contribution is -0.254. The van der Waals surface area contributed by atoms with Crippen LogP contribution in [0.5, 0.6) is 0 Å². The summed E-state index contributed by atoms with van der Waals surface area (Å²) < 4.78 is 228. The lowest BCUT2D eigenvalue weighted by Gasteiger charge is -2.33. The molecule has 10 rings (SSSR count). The van der Waals surface area contributed by atoms with Gasteiger partial charge in [0.25, 0.3) is 111 Å². The van der Waals surface area contributed by atoms with Gasteiger partial charge < -0.3 is 146 Å². The van der Waals surface area contributed by atoms with Crippen LogP contribution in [0.2, 0.25) is 0 Å². The summed E-state index contributed by atoms with van der Waals surface area (Å²) >= 11 is 0. The average molecular weight is 2120 g/mol. The summed E-state index contributed by atoms with van der Waals surface area (Å²) in [4.78, 5) is 258. The minimum Gasteiger partial charge on any atom is -0.756 e. The second kappa shape index (κ2) is 45.8. The molecule has 4 fully saturated rings. The molecule has 0 spiro atoms. The Kier molecular flexibility index (Phi) is 39.1. The largest absolute Gasteiger partial charge is 0.756 e. The van der Waals surface area contributed by atoms with E-state index >= 15 is 0 Å². The van der Waals surface area contributed by atoms with Crippen LogP contribution in [0, 0.1) is 13.8 Å². The zero-order valence-corrected chi connectivity index (χ0v) is 76.1. The number of aromatic amines is 3. The fraction of sp³-hybridized carbons (Fsp3) is 0.609. The Morgan fingerprint density at radius 2 is 0.725 bits per heavy atom. The third kappa shape index (κ3) is 36.0. The van der Waals surface area contributed by atoms with Gasteiger partial charge in [-0.05, 0) is 38.8 Å². The number of ether oxygens (including phenoxy) is 8. The van der Waals surface area contributed by atoms with E-state index in [2.05, 4.69) is 103 Å². The summed E-state index contributed by atoms with van der Waals surface area (Å²) in [7, 11) is -70.6. The van der Waals surface area contributed by atoms with E-state index in [1.165, 1.54) is 54.4 Å². The number of azide groups is 2.